The van der Waals surface area contributed by atoms with E-state index in [0.717, 1.165) is 25.7 Å². The minimum atomic E-state index is -2.47. The standard InChI is InChI=1S/C15H20F2N2OS/c16-15(17)21-13-9-5-4-8-12(13)18-10-14(20)19-11-6-2-1-3-7-11/h4-5,8-9,11,15,18H,1-3,6-7,10H2,(H,19,20). The number of rotatable bonds is 6. The lowest BCUT2D eigenvalue weighted by Gasteiger charge is -2.23. The molecule has 3 nitrogen and oxygen atoms in total. The van der Waals surface area contributed by atoms with Gasteiger partial charge in [0.2, 0.25) is 5.91 Å². The summed E-state index contributed by atoms with van der Waals surface area (Å²) in [5, 5.41) is 5.93. The van der Waals surface area contributed by atoms with Crippen molar-refractivity contribution in [2.75, 3.05) is 11.9 Å². The van der Waals surface area contributed by atoms with Gasteiger partial charge in [0.25, 0.3) is 5.76 Å². The molecule has 6 heteroatoms. The second kappa shape index (κ2) is 8.22. The summed E-state index contributed by atoms with van der Waals surface area (Å²) in [6.07, 6.45) is 5.62. The highest BCUT2D eigenvalue weighted by atomic mass is 32.2. The first kappa shape index (κ1) is 16.1. The van der Waals surface area contributed by atoms with Gasteiger partial charge < -0.3 is 10.6 Å². The van der Waals surface area contributed by atoms with Crippen molar-refractivity contribution >= 4 is 23.4 Å². The van der Waals surface area contributed by atoms with Crippen molar-refractivity contribution in [1.82, 2.24) is 5.32 Å². The monoisotopic (exact) mass is 314 g/mol. The summed E-state index contributed by atoms with van der Waals surface area (Å²) >= 11 is 0.485. The van der Waals surface area contributed by atoms with Crippen LogP contribution in [-0.4, -0.2) is 24.3 Å². The van der Waals surface area contributed by atoms with Crippen LogP contribution in [0.1, 0.15) is 32.1 Å². The van der Waals surface area contributed by atoms with E-state index in [9.17, 15) is 13.6 Å². The number of carbonyl (C=O) groups is 1. The molecule has 0 radical (unpaired) electrons. The summed E-state index contributed by atoms with van der Waals surface area (Å²) in [4.78, 5) is 12.3. The molecule has 1 aliphatic rings. The normalized spacial score (nSPS) is 16.0. The van der Waals surface area contributed by atoms with E-state index in [1.54, 1.807) is 24.3 Å². The maximum atomic E-state index is 12.5. The number of anilines is 1. The van der Waals surface area contributed by atoms with Gasteiger partial charge in [-0.25, -0.2) is 0 Å². The molecule has 0 unspecified atom stereocenters. The number of benzene rings is 1. The number of amides is 1. The van der Waals surface area contributed by atoms with Gasteiger partial charge in [-0.2, -0.15) is 8.78 Å². The Morgan fingerprint density at radius 3 is 2.67 bits per heavy atom. The van der Waals surface area contributed by atoms with E-state index >= 15 is 0 Å². The van der Waals surface area contributed by atoms with Crippen molar-refractivity contribution in [2.24, 2.45) is 0 Å². The highest BCUT2D eigenvalue weighted by molar-refractivity contribution is 7.99. The van der Waals surface area contributed by atoms with Crippen LogP contribution in [0.3, 0.4) is 0 Å². The summed E-state index contributed by atoms with van der Waals surface area (Å²) in [7, 11) is 0. The third-order valence-electron chi connectivity index (χ3n) is 3.51. The van der Waals surface area contributed by atoms with Crippen molar-refractivity contribution in [2.45, 2.75) is 48.8 Å². The van der Waals surface area contributed by atoms with E-state index in [1.165, 1.54) is 6.42 Å². The Hall–Kier alpha value is -1.30. The second-order valence-corrected chi connectivity index (χ2v) is 6.16. The van der Waals surface area contributed by atoms with Crippen LogP contribution < -0.4 is 10.6 Å². The molecule has 1 saturated carbocycles. The lowest BCUT2D eigenvalue weighted by atomic mass is 9.95. The average molecular weight is 314 g/mol. The van der Waals surface area contributed by atoms with E-state index in [-0.39, 0.29) is 18.5 Å². The molecule has 2 rings (SSSR count). The molecule has 116 valence electrons. The first-order chi connectivity index (χ1) is 10.1. The Morgan fingerprint density at radius 2 is 1.95 bits per heavy atom. The first-order valence-electron chi connectivity index (χ1n) is 7.22. The smallest absolute Gasteiger partial charge is 0.288 e. The maximum Gasteiger partial charge on any atom is 0.288 e. The van der Waals surface area contributed by atoms with Crippen molar-refractivity contribution in [3.05, 3.63) is 24.3 Å². The Morgan fingerprint density at radius 1 is 1.24 bits per heavy atom. The van der Waals surface area contributed by atoms with E-state index < -0.39 is 5.76 Å². The van der Waals surface area contributed by atoms with E-state index in [4.69, 9.17) is 0 Å². The largest absolute Gasteiger partial charge is 0.375 e. The molecular weight excluding hydrogens is 294 g/mol. The van der Waals surface area contributed by atoms with E-state index in [2.05, 4.69) is 10.6 Å². The number of alkyl halides is 2. The Balaban J connectivity index is 1.83. The van der Waals surface area contributed by atoms with Crippen molar-refractivity contribution in [3.63, 3.8) is 0 Å². The lowest BCUT2D eigenvalue weighted by molar-refractivity contribution is -0.120. The predicted octanol–water partition coefficient (Wildman–Crippen LogP) is 3.86. The van der Waals surface area contributed by atoms with E-state index in [0.29, 0.717) is 22.3 Å². The van der Waals surface area contributed by atoms with Crippen LogP contribution in [-0.2, 0) is 4.79 Å². The zero-order chi connectivity index (χ0) is 15.1. The third-order valence-corrected chi connectivity index (χ3v) is 4.30. The third kappa shape index (κ3) is 5.53. The molecular formula is C15H20F2N2OS. The van der Waals surface area contributed by atoms with Crippen LogP contribution in [0.4, 0.5) is 14.5 Å². The highest BCUT2D eigenvalue weighted by Crippen LogP contribution is 2.31. The molecule has 21 heavy (non-hydrogen) atoms. The number of halogens is 2. The Kier molecular flexibility index (Phi) is 6.29. The second-order valence-electron chi connectivity index (χ2n) is 5.13. The lowest BCUT2D eigenvalue weighted by Crippen LogP contribution is -2.39. The molecule has 1 aromatic carbocycles. The van der Waals surface area contributed by atoms with Crippen LogP contribution in [0.15, 0.2) is 29.2 Å². The van der Waals surface area contributed by atoms with Gasteiger partial charge in [0.05, 0.1) is 6.54 Å². The molecule has 1 amide bonds. The summed E-state index contributed by atoms with van der Waals surface area (Å²) in [5.74, 6) is -2.55. The molecule has 0 atom stereocenters. The highest BCUT2D eigenvalue weighted by Gasteiger charge is 2.16. The van der Waals surface area contributed by atoms with Crippen LogP contribution in [0.2, 0.25) is 0 Å². The van der Waals surface area contributed by atoms with Crippen molar-refractivity contribution in [3.8, 4) is 0 Å². The number of thioether (sulfide) groups is 1. The van der Waals surface area contributed by atoms with Crippen LogP contribution in [0.25, 0.3) is 0 Å². The fraction of sp³-hybridized carbons (Fsp3) is 0.533. The summed E-state index contributed by atoms with van der Waals surface area (Å²) in [5.41, 5.74) is 0.571. The number of para-hydroxylation sites is 1. The van der Waals surface area contributed by atoms with Gasteiger partial charge in [-0.15, -0.1) is 0 Å². The molecule has 0 aliphatic heterocycles. The molecule has 1 aliphatic carbocycles. The van der Waals surface area contributed by atoms with Crippen LogP contribution in [0.5, 0.6) is 0 Å². The zero-order valence-corrected chi connectivity index (χ0v) is 12.6. The summed E-state index contributed by atoms with van der Waals surface area (Å²) in [6.45, 7) is 0.108. The minimum Gasteiger partial charge on any atom is -0.375 e. The molecule has 0 heterocycles. The molecule has 0 saturated heterocycles. The number of nitrogens with one attached hydrogen (secondary N) is 2. The van der Waals surface area contributed by atoms with E-state index in [1.807, 2.05) is 0 Å². The van der Waals surface area contributed by atoms with Gasteiger partial charge in [0.1, 0.15) is 0 Å². The zero-order valence-electron chi connectivity index (χ0n) is 11.8. The van der Waals surface area contributed by atoms with Crippen LogP contribution in [0, 0.1) is 0 Å². The fourth-order valence-corrected chi connectivity index (χ4v) is 3.13. The number of hydrogen-bond acceptors (Lipinski definition) is 3. The fourth-order valence-electron chi connectivity index (χ4n) is 2.51. The van der Waals surface area contributed by atoms with Gasteiger partial charge in [0.15, 0.2) is 0 Å². The average Bonchev–Trinajstić information content (AvgIpc) is 2.47. The molecule has 1 aromatic rings. The maximum absolute atomic E-state index is 12.5. The SMILES string of the molecule is O=C(CNc1ccccc1SC(F)F)NC1CCCCC1. The van der Waals surface area contributed by atoms with Gasteiger partial charge in [0, 0.05) is 16.6 Å². The molecule has 0 bridgehead atoms. The number of hydrogen-bond donors (Lipinski definition) is 2. The van der Waals surface area contributed by atoms with Gasteiger partial charge in [-0.05, 0) is 25.0 Å². The topological polar surface area (TPSA) is 41.1 Å². The molecule has 0 aromatic heterocycles. The number of carbonyl (C=O) groups excluding carboxylic acids is 1. The van der Waals surface area contributed by atoms with Crippen molar-refractivity contribution in [1.29, 1.82) is 0 Å². The molecule has 1 fully saturated rings. The van der Waals surface area contributed by atoms with Gasteiger partial charge in [-0.3, -0.25) is 4.79 Å². The summed E-state index contributed by atoms with van der Waals surface area (Å²) in [6, 6.07) is 7.06. The van der Waals surface area contributed by atoms with Crippen LogP contribution >= 0.6 is 11.8 Å². The molecule has 0 spiro atoms. The Bertz CT molecular complexity index is 465. The first-order valence-corrected chi connectivity index (χ1v) is 8.10. The summed E-state index contributed by atoms with van der Waals surface area (Å²) < 4.78 is 24.9. The Labute approximate surface area is 127 Å². The van der Waals surface area contributed by atoms with Gasteiger partial charge >= 0.3 is 0 Å². The quantitative estimate of drug-likeness (QED) is 0.783. The van der Waals surface area contributed by atoms with Gasteiger partial charge in [-0.1, -0.05) is 43.2 Å². The molecule has 2 N–H and O–H groups in total. The predicted molar refractivity (Wildman–Crippen MR) is 81.8 cm³/mol. The van der Waals surface area contributed by atoms with Crippen molar-refractivity contribution < 1.29 is 13.6 Å². The minimum absolute atomic E-state index is 0.0845.